The van der Waals surface area contributed by atoms with Crippen LogP contribution in [-0.4, -0.2) is 15.0 Å². The van der Waals surface area contributed by atoms with Gasteiger partial charge in [-0.05, 0) is 86.2 Å². The Balaban J connectivity index is 0.988. The van der Waals surface area contributed by atoms with Gasteiger partial charge in [0, 0.05) is 36.9 Å². The van der Waals surface area contributed by atoms with E-state index in [-0.39, 0.29) is 5.41 Å². The summed E-state index contributed by atoms with van der Waals surface area (Å²) in [5, 5.41) is 2.48. The number of benzene rings is 7. The molecule has 0 amide bonds. The van der Waals surface area contributed by atoms with Crippen molar-refractivity contribution >= 4 is 37.1 Å². The van der Waals surface area contributed by atoms with Crippen LogP contribution in [0, 0.1) is 5.92 Å². The van der Waals surface area contributed by atoms with Crippen LogP contribution in [0.25, 0.3) is 82.2 Å². The summed E-state index contributed by atoms with van der Waals surface area (Å²) >= 11 is 1.79. The van der Waals surface area contributed by atoms with Crippen molar-refractivity contribution < 1.29 is 0 Å². The molecule has 9 aromatic rings. The van der Waals surface area contributed by atoms with E-state index in [1.807, 2.05) is 18.2 Å². The van der Waals surface area contributed by atoms with Gasteiger partial charge in [-0.3, -0.25) is 0 Å². The van der Waals surface area contributed by atoms with E-state index in [4.69, 9.17) is 15.0 Å². The molecule has 3 nitrogen and oxygen atoms in total. The highest BCUT2D eigenvalue weighted by molar-refractivity contribution is 7.26. The smallest absolute Gasteiger partial charge is 0.165 e. The first-order valence-corrected chi connectivity index (χ1v) is 20.6. The van der Waals surface area contributed by atoms with Crippen molar-refractivity contribution in [1.82, 2.24) is 15.0 Å². The van der Waals surface area contributed by atoms with Crippen LogP contribution in [0.4, 0.5) is 0 Å². The second-order valence-corrected chi connectivity index (χ2v) is 16.6. The normalized spacial score (nSPS) is 15.9. The Labute approximate surface area is 335 Å². The van der Waals surface area contributed by atoms with Gasteiger partial charge in [0.1, 0.15) is 0 Å². The van der Waals surface area contributed by atoms with E-state index < -0.39 is 0 Å². The molecule has 1 unspecified atom stereocenters. The average Bonchev–Trinajstić information content (AvgIpc) is 3.90. The lowest BCUT2D eigenvalue weighted by Crippen LogP contribution is -2.28. The van der Waals surface area contributed by atoms with Crippen LogP contribution in [0.1, 0.15) is 35.6 Å². The Kier molecular flexibility index (Phi) is 7.05. The lowest BCUT2D eigenvalue weighted by atomic mass is 9.67. The van der Waals surface area contributed by atoms with E-state index in [1.165, 1.54) is 70.3 Å². The highest BCUT2D eigenvalue weighted by Gasteiger charge is 2.53. The van der Waals surface area contributed by atoms with Gasteiger partial charge >= 0.3 is 0 Å². The third-order valence-corrected chi connectivity index (χ3v) is 13.6. The zero-order valence-corrected chi connectivity index (χ0v) is 32.1. The van der Waals surface area contributed by atoms with Crippen LogP contribution in [0.2, 0.25) is 0 Å². The van der Waals surface area contributed by atoms with E-state index >= 15 is 0 Å². The van der Waals surface area contributed by atoms with Crippen molar-refractivity contribution in [3.8, 4) is 56.4 Å². The van der Waals surface area contributed by atoms with Crippen molar-refractivity contribution in [2.24, 2.45) is 5.92 Å². The minimum atomic E-state index is -0.306. The molecule has 1 spiro atoms. The summed E-state index contributed by atoms with van der Waals surface area (Å²) < 4.78 is 2.45. The summed E-state index contributed by atoms with van der Waals surface area (Å²) in [6, 6.07) is 59.4. The SMILES string of the molecule is CC1C=CC2=C(C1)C1(c3cc(-c4ccc(-c5nc(-c6ccccc6)nc(-c6cccc7c6sc6ccccc67)n5)cc4)ccc32)c2ccccc2-c2ccccc21. The molecule has 3 aliphatic rings. The third-order valence-electron chi connectivity index (χ3n) is 12.4. The number of thiophene rings is 1. The van der Waals surface area contributed by atoms with Crippen molar-refractivity contribution in [2.75, 3.05) is 0 Å². The second-order valence-electron chi connectivity index (χ2n) is 15.6. The van der Waals surface area contributed by atoms with Gasteiger partial charge in [-0.1, -0.05) is 165 Å². The minimum absolute atomic E-state index is 0.306. The molecule has 12 rings (SSSR count). The fraction of sp³-hybridized carbons (Fsp3) is 0.0755. The zero-order chi connectivity index (χ0) is 37.7. The van der Waals surface area contributed by atoms with Crippen LogP contribution < -0.4 is 0 Å². The number of fused-ring (bicyclic) bond motifs is 12. The van der Waals surface area contributed by atoms with Crippen LogP contribution >= 0.6 is 11.3 Å². The van der Waals surface area contributed by atoms with Crippen LogP contribution in [-0.2, 0) is 5.41 Å². The quantitative estimate of drug-likeness (QED) is 0.180. The Morgan fingerprint density at radius 3 is 1.86 bits per heavy atom. The number of rotatable bonds is 4. The Bertz CT molecular complexity index is 3120. The van der Waals surface area contributed by atoms with E-state index in [9.17, 15) is 0 Å². The molecule has 0 saturated carbocycles. The van der Waals surface area contributed by atoms with Crippen LogP contribution in [0.3, 0.4) is 0 Å². The highest BCUT2D eigenvalue weighted by Crippen LogP contribution is 2.64. The maximum Gasteiger partial charge on any atom is 0.165 e. The molecule has 7 aromatic carbocycles. The van der Waals surface area contributed by atoms with E-state index in [0.717, 1.165) is 28.7 Å². The third kappa shape index (κ3) is 4.74. The Morgan fingerprint density at radius 2 is 1.09 bits per heavy atom. The molecule has 0 fully saturated rings. The summed E-state index contributed by atoms with van der Waals surface area (Å²) in [5.74, 6) is 2.49. The lowest BCUT2D eigenvalue weighted by molar-refractivity contribution is 0.630. The van der Waals surface area contributed by atoms with Gasteiger partial charge in [-0.25, -0.2) is 15.0 Å². The predicted octanol–water partition coefficient (Wildman–Crippen LogP) is 13.6. The van der Waals surface area contributed by atoms with E-state index in [2.05, 4.69) is 165 Å². The van der Waals surface area contributed by atoms with Gasteiger partial charge in [0.15, 0.2) is 17.5 Å². The molecule has 2 heterocycles. The molecule has 0 saturated heterocycles. The molecular weight excluding hydrogens is 711 g/mol. The molecular formula is C53H35N3S. The first-order chi connectivity index (χ1) is 28.1. The van der Waals surface area contributed by atoms with E-state index in [0.29, 0.717) is 23.4 Å². The van der Waals surface area contributed by atoms with Crippen molar-refractivity contribution in [2.45, 2.75) is 18.8 Å². The fourth-order valence-electron chi connectivity index (χ4n) is 9.83. The first kappa shape index (κ1) is 32.5. The second kappa shape index (κ2) is 12.4. The molecule has 268 valence electrons. The zero-order valence-electron chi connectivity index (χ0n) is 31.3. The molecule has 0 bridgehead atoms. The van der Waals surface area contributed by atoms with Gasteiger partial charge in [0.2, 0.25) is 0 Å². The van der Waals surface area contributed by atoms with Crippen molar-refractivity contribution in [1.29, 1.82) is 0 Å². The maximum absolute atomic E-state index is 5.18. The van der Waals surface area contributed by atoms with Gasteiger partial charge in [-0.2, -0.15) is 0 Å². The number of hydrogen-bond acceptors (Lipinski definition) is 4. The standard InChI is InChI=1S/C53H35N3S/c1-32-22-28-39-40-29-27-36(31-47(40)53(46(39)30-32)44-19-8-5-14-37(44)38-15-6-9-20-45(38)53)33-23-25-35(26-24-33)51-54-50(34-12-3-2-4-13-34)55-52(56-51)43-18-11-17-42-41-16-7-10-21-48(41)57-49(42)43/h2-29,31-32H,30H2,1H3. The lowest BCUT2D eigenvalue weighted by Gasteiger charge is -2.34. The van der Waals surface area contributed by atoms with Gasteiger partial charge < -0.3 is 0 Å². The van der Waals surface area contributed by atoms with Crippen LogP contribution in [0.5, 0.6) is 0 Å². The highest BCUT2D eigenvalue weighted by atomic mass is 32.1. The van der Waals surface area contributed by atoms with Crippen molar-refractivity contribution in [3.63, 3.8) is 0 Å². The number of hydrogen-bond donors (Lipinski definition) is 0. The summed E-state index contributed by atoms with van der Waals surface area (Å²) in [6.45, 7) is 2.35. The molecule has 0 N–H and O–H groups in total. The first-order valence-electron chi connectivity index (χ1n) is 19.7. The topological polar surface area (TPSA) is 38.7 Å². The average molecular weight is 746 g/mol. The number of aromatic nitrogens is 3. The number of allylic oxidation sites excluding steroid dienone is 4. The van der Waals surface area contributed by atoms with E-state index in [1.54, 1.807) is 11.3 Å². The Hall–Kier alpha value is -6.75. The molecule has 57 heavy (non-hydrogen) atoms. The summed E-state index contributed by atoms with van der Waals surface area (Å²) in [5.41, 5.74) is 16.2. The largest absolute Gasteiger partial charge is 0.208 e. The van der Waals surface area contributed by atoms with Gasteiger partial charge in [-0.15, -0.1) is 11.3 Å². The maximum atomic E-state index is 5.18. The summed E-state index contributed by atoms with van der Waals surface area (Å²) in [6.07, 6.45) is 5.83. The molecule has 4 heteroatoms. The molecule has 1 atom stereocenters. The molecule has 2 aromatic heterocycles. The predicted molar refractivity (Wildman–Crippen MR) is 236 cm³/mol. The number of nitrogens with zero attached hydrogens (tertiary/aromatic N) is 3. The van der Waals surface area contributed by atoms with Gasteiger partial charge in [0.05, 0.1) is 5.41 Å². The van der Waals surface area contributed by atoms with Crippen LogP contribution in [0.15, 0.2) is 182 Å². The molecule has 0 aliphatic heterocycles. The monoisotopic (exact) mass is 745 g/mol. The fourth-order valence-corrected chi connectivity index (χ4v) is 11.0. The molecule has 3 aliphatic carbocycles. The molecule has 0 radical (unpaired) electrons. The summed E-state index contributed by atoms with van der Waals surface area (Å²) in [4.78, 5) is 15.4. The van der Waals surface area contributed by atoms with Crippen molar-refractivity contribution in [3.05, 3.63) is 204 Å². The van der Waals surface area contributed by atoms with Gasteiger partial charge in [0.25, 0.3) is 0 Å². The summed E-state index contributed by atoms with van der Waals surface area (Å²) in [7, 11) is 0. The Morgan fingerprint density at radius 1 is 0.491 bits per heavy atom. The minimum Gasteiger partial charge on any atom is -0.208 e.